The van der Waals surface area contributed by atoms with Crippen LogP contribution in [0.2, 0.25) is 5.02 Å². The van der Waals surface area contributed by atoms with Gasteiger partial charge in [-0.2, -0.15) is 23.1 Å². The summed E-state index contributed by atoms with van der Waals surface area (Å²) < 4.78 is 39.5. The van der Waals surface area contributed by atoms with E-state index in [2.05, 4.69) is 30.4 Å². The second-order valence-electron chi connectivity index (χ2n) is 10.8. The van der Waals surface area contributed by atoms with Crippen molar-refractivity contribution < 1.29 is 18.0 Å². The summed E-state index contributed by atoms with van der Waals surface area (Å²) in [6.45, 7) is 8.76. The van der Waals surface area contributed by atoms with Crippen LogP contribution in [0.5, 0.6) is 0 Å². The van der Waals surface area contributed by atoms with E-state index in [1.165, 1.54) is 31.9 Å². The average molecular weight is 588 g/mol. The number of hydrogen-bond donors (Lipinski definition) is 2. The molecule has 0 atom stereocenters. The Bertz CT molecular complexity index is 1410. The van der Waals surface area contributed by atoms with Gasteiger partial charge in [0.1, 0.15) is 11.6 Å². The molecule has 2 aliphatic rings. The highest BCUT2D eigenvalue weighted by Crippen LogP contribution is 2.36. The van der Waals surface area contributed by atoms with E-state index in [4.69, 9.17) is 16.6 Å². The van der Waals surface area contributed by atoms with Gasteiger partial charge in [0.15, 0.2) is 0 Å². The van der Waals surface area contributed by atoms with Crippen molar-refractivity contribution >= 4 is 35.0 Å². The molecule has 2 N–H and O–H groups in total. The van der Waals surface area contributed by atoms with Gasteiger partial charge in [-0.3, -0.25) is 4.90 Å². The Kier molecular flexibility index (Phi) is 8.65. The van der Waals surface area contributed by atoms with Crippen LogP contribution in [0, 0.1) is 19.8 Å². The number of nitrogens with one attached hydrogen (secondary N) is 2. The number of urea groups is 1. The number of carbonyl (C=O) groups excluding carboxylic acids is 1. The molecular weight excluding hydrogens is 555 g/mol. The van der Waals surface area contributed by atoms with E-state index in [1.54, 1.807) is 6.07 Å². The summed E-state index contributed by atoms with van der Waals surface area (Å²) in [5.41, 5.74) is 1.35. The third-order valence-electron chi connectivity index (χ3n) is 7.66. The molecule has 2 amide bonds. The maximum Gasteiger partial charge on any atom is 0.417 e. The Morgan fingerprint density at radius 3 is 2.32 bits per heavy atom. The zero-order valence-electron chi connectivity index (χ0n) is 23.1. The Balaban J connectivity index is 1.23. The van der Waals surface area contributed by atoms with Gasteiger partial charge < -0.3 is 15.5 Å². The van der Waals surface area contributed by atoms with Crippen LogP contribution in [0.25, 0.3) is 0 Å². The summed E-state index contributed by atoms with van der Waals surface area (Å²) in [4.78, 5) is 31.3. The molecule has 2 fully saturated rings. The highest BCUT2D eigenvalue weighted by atomic mass is 35.5. The highest BCUT2D eigenvalue weighted by Gasteiger charge is 2.33. The number of alkyl halides is 3. The topological polar surface area (TPSA) is 86.3 Å². The second kappa shape index (κ2) is 12.2. The van der Waals surface area contributed by atoms with Crippen molar-refractivity contribution in [3.05, 3.63) is 69.8 Å². The van der Waals surface area contributed by atoms with E-state index in [0.29, 0.717) is 29.7 Å². The number of aromatic nitrogens is 3. The monoisotopic (exact) mass is 587 g/mol. The fourth-order valence-electron chi connectivity index (χ4n) is 5.14. The summed E-state index contributed by atoms with van der Waals surface area (Å²) in [5.74, 6) is 2.82. The number of halogens is 4. The normalized spacial score (nSPS) is 16.4. The summed E-state index contributed by atoms with van der Waals surface area (Å²) >= 11 is 5.67. The fraction of sp³-hybridized carbons (Fsp3) is 0.448. The first-order valence-electron chi connectivity index (χ1n) is 13.8. The van der Waals surface area contributed by atoms with Crippen LogP contribution in [0.4, 0.5) is 35.3 Å². The first kappa shape index (κ1) is 29.1. The fourth-order valence-corrected chi connectivity index (χ4v) is 5.36. The Morgan fingerprint density at radius 1 is 0.976 bits per heavy atom. The SMILES string of the molecule is Cc1nc(Cc2cc(NC(=O)Nc3ccc(Cl)c(C(F)(F)F)c3)ccc2C)nc(N2CCN(CC3CCC3)CC2)n1. The van der Waals surface area contributed by atoms with Crippen molar-refractivity contribution in [2.45, 2.75) is 45.7 Å². The van der Waals surface area contributed by atoms with Gasteiger partial charge in [0, 0.05) is 50.5 Å². The molecular formula is C29H33ClF3N7O. The molecule has 0 unspecified atom stereocenters. The van der Waals surface area contributed by atoms with Gasteiger partial charge in [-0.05, 0) is 74.1 Å². The van der Waals surface area contributed by atoms with Crippen molar-refractivity contribution in [2.75, 3.05) is 48.3 Å². The predicted octanol–water partition coefficient (Wildman–Crippen LogP) is 6.32. The second-order valence-corrected chi connectivity index (χ2v) is 11.2. The number of benzene rings is 2. The van der Waals surface area contributed by atoms with Crippen LogP contribution in [-0.2, 0) is 12.6 Å². The molecule has 1 aliphatic carbocycles. The first-order valence-corrected chi connectivity index (χ1v) is 14.1. The lowest BCUT2D eigenvalue weighted by Gasteiger charge is -2.38. The molecule has 3 aromatic rings. The van der Waals surface area contributed by atoms with Crippen LogP contribution in [0.1, 0.15) is 47.6 Å². The molecule has 2 aromatic carbocycles. The van der Waals surface area contributed by atoms with E-state index in [-0.39, 0.29) is 5.69 Å². The van der Waals surface area contributed by atoms with E-state index in [9.17, 15) is 18.0 Å². The third-order valence-corrected chi connectivity index (χ3v) is 7.99. The molecule has 0 radical (unpaired) electrons. The Morgan fingerprint density at radius 2 is 1.66 bits per heavy atom. The van der Waals surface area contributed by atoms with Gasteiger partial charge in [0.05, 0.1) is 10.6 Å². The molecule has 5 rings (SSSR count). The summed E-state index contributed by atoms with van der Waals surface area (Å²) in [7, 11) is 0. The minimum atomic E-state index is -4.63. The number of aryl methyl sites for hydroxylation is 2. The van der Waals surface area contributed by atoms with Crippen LogP contribution in [0.3, 0.4) is 0 Å². The smallest absolute Gasteiger partial charge is 0.338 e. The van der Waals surface area contributed by atoms with Crippen LogP contribution in [0.15, 0.2) is 36.4 Å². The van der Waals surface area contributed by atoms with Crippen LogP contribution in [-0.4, -0.2) is 58.6 Å². The maximum absolute atomic E-state index is 13.2. The van der Waals surface area contributed by atoms with E-state index in [1.807, 2.05) is 26.0 Å². The van der Waals surface area contributed by atoms with Gasteiger partial charge in [0.2, 0.25) is 5.95 Å². The lowest BCUT2D eigenvalue weighted by atomic mass is 9.85. The molecule has 1 aliphatic heterocycles. The van der Waals surface area contributed by atoms with Gasteiger partial charge in [-0.15, -0.1) is 0 Å². The van der Waals surface area contributed by atoms with Crippen molar-refractivity contribution in [1.82, 2.24) is 19.9 Å². The zero-order chi connectivity index (χ0) is 29.1. The van der Waals surface area contributed by atoms with Crippen molar-refractivity contribution in [3.8, 4) is 0 Å². The number of hydrogen-bond acceptors (Lipinski definition) is 6. The number of amides is 2. The molecule has 0 spiro atoms. The quantitative estimate of drug-likeness (QED) is 0.337. The van der Waals surface area contributed by atoms with Crippen LogP contribution < -0.4 is 15.5 Å². The number of rotatable bonds is 7. The molecule has 8 nitrogen and oxygen atoms in total. The van der Waals surface area contributed by atoms with Gasteiger partial charge >= 0.3 is 12.2 Å². The van der Waals surface area contributed by atoms with E-state index < -0.39 is 22.8 Å². The molecule has 1 saturated carbocycles. The molecule has 218 valence electrons. The van der Waals surface area contributed by atoms with Crippen molar-refractivity contribution in [2.24, 2.45) is 5.92 Å². The number of carbonyl (C=O) groups is 1. The van der Waals surface area contributed by atoms with Gasteiger partial charge in [0.25, 0.3) is 0 Å². The lowest BCUT2D eigenvalue weighted by molar-refractivity contribution is -0.137. The van der Waals surface area contributed by atoms with E-state index in [0.717, 1.165) is 55.4 Å². The highest BCUT2D eigenvalue weighted by molar-refractivity contribution is 6.31. The first-order chi connectivity index (χ1) is 19.5. The molecule has 0 bridgehead atoms. The average Bonchev–Trinajstić information content (AvgIpc) is 2.89. The summed E-state index contributed by atoms with van der Waals surface area (Å²) in [6.07, 6.45) is -0.134. The van der Waals surface area contributed by atoms with Crippen LogP contribution >= 0.6 is 11.6 Å². The van der Waals surface area contributed by atoms with Gasteiger partial charge in [-0.25, -0.2) is 9.78 Å². The molecule has 1 aromatic heterocycles. The van der Waals surface area contributed by atoms with E-state index >= 15 is 0 Å². The zero-order valence-corrected chi connectivity index (χ0v) is 23.8. The predicted molar refractivity (Wildman–Crippen MR) is 154 cm³/mol. The molecule has 12 heteroatoms. The molecule has 41 heavy (non-hydrogen) atoms. The Labute approximate surface area is 242 Å². The standard InChI is InChI=1S/C29H33ClF3N7O/c1-18-6-7-22(36-28(41)37-23-8-9-25(30)24(16-23)29(31,32)33)14-21(18)15-26-34-19(2)35-27(38-26)40-12-10-39(11-13-40)17-20-4-3-5-20/h6-9,14,16,20H,3-5,10-13,15,17H2,1-2H3,(H2,36,37,41). The largest absolute Gasteiger partial charge is 0.417 e. The maximum atomic E-state index is 13.2. The minimum Gasteiger partial charge on any atom is -0.338 e. The number of nitrogens with zero attached hydrogens (tertiary/aromatic N) is 5. The number of piperazine rings is 1. The molecule has 1 saturated heterocycles. The summed E-state index contributed by atoms with van der Waals surface area (Å²) in [6, 6.07) is 7.95. The van der Waals surface area contributed by atoms with Crippen molar-refractivity contribution in [3.63, 3.8) is 0 Å². The Hall–Kier alpha value is -3.44. The minimum absolute atomic E-state index is 0.0244. The number of anilines is 3. The molecule has 2 heterocycles. The lowest BCUT2D eigenvalue weighted by Crippen LogP contribution is -2.49. The van der Waals surface area contributed by atoms with Crippen molar-refractivity contribution in [1.29, 1.82) is 0 Å². The van der Waals surface area contributed by atoms with Gasteiger partial charge in [-0.1, -0.05) is 24.1 Å². The third kappa shape index (κ3) is 7.45. The summed E-state index contributed by atoms with van der Waals surface area (Å²) in [5, 5.41) is 4.69.